The Kier molecular flexibility index (Phi) is 10.0. The van der Waals surface area contributed by atoms with Gasteiger partial charge >= 0.3 is 0 Å². The Morgan fingerprint density at radius 2 is 0.956 bits per heavy atom. The largest absolute Gasteiger partial charge is 0.457 e. The van der Waals surface area contributed by atoms with Crippen LogP contribution in [0.15, 0.2) is 279 Å². The van der Waals surface area contributed by atoms with Gasteiger partial charge in [-0.15, -0.1) is 0 Å². The zero-order valence-corrected chi connectivity index (χ0v) is 52.6. The van der Waals surface area contributed by atoms with Crippen molar-refractivity contribution in [3.8, 4) is 73.2 Å². The first-order valence-electron chi connectivity index (χ1n) is 37.8. The summed E-state index contributed by atoms with van der Waals surface area (Å²) in [6, 6.07) is 45.9. The molecular weight excluding hydrogens is 1110 g/mol. The number of pyridine rings is 1. The smallest absolute Gasteiger partial charge is 0.255 e. The van der Waals surface area contributed by atoms with Crippen molar-refractivity contribution in [1.82, 2.24) is 14.1 Å². The lowest BCUT2D eigenvalue weighted by molar-refractivity contribution is -0.566. The first-order valence-corrected chi connectivity index (χ1v) is 32.3. The van der Waals surface area contributed by atoms with Crippen molar-refractivity contribution in [2.24, 2.45) is 0 Å². The Bertz CT molecular complexity index is 5770. The molecule has 1 aliphatic heterocycles. The molecule has 438 valence electrons. The quantitative estimate of drug-likeness (QED) is 0.0820. The van der Waals surface area contributed by atoms with Gasteiger partial charge in [0.05, 0.1) is 31.6 Å². The summed E-state index contributed by atoms with van der Waals surface area (Å²) in [4.78, 5) is 4.92. The molecule has 0 N–H and O–H groups in total. The molecule has 3 aromatic heterocycles. The van der Waals surface area contributed by atoms with E-state index in [0.29, 0.717) is 33.9 Å². The number of fused-ring (bicyclic) bond motifs is 10. The minimum absolute atomic E-state index is 0.0104. The summed E-state index contributed by atoms with van der Waals surface area (Å²) in [6.45, 7) is 19.6. The van der Waals surface area contributed by atoms with Crippen LogP contribution in [0.25, 0.3) is 94.5 Å². The topological polar surface area (TPSA) is 35.9 Å². The molecule has 0 saturated carbocycles. The highest BCUT2D eigenvalue weighted by Gasteiger charge is 2.42. The van der Waals surface area contributed by atoms with Gasteiger partial charge in [-0.3, -0.25) is 4.57 Å². The molecule has 0 amide bonds. The normalized spacial score (nSPS) is 14.8. The lowest BCUT2D eigenvalue weighted by Crippen LogP contribution is -2.74. The predicted molar refractivity (Wildman–Crippen MR) is 378 cm³/mol. The highest BCUT2D eigenvalue weighted by Crippen LogP contribution is 2.47. The number of nitrogens with zero attached hydrogens (tertiary/aromatic N) is 4. The van der Waals surface area contributed by atoms with E-state index in [-0.39, 0.29) is 21.4 Å². The van der Waals surface area contributed by atoms with E-state index in [4.69, 9.17) is 13.8 Å². The zero-order valence-electron chi connectivity index (χ0n) is 66.6. The number of aromatic nitrogens is 4. The van der Waals surface area contributed by atoms with Crippen LogP contribution in [0.4, 0.5) is 0 Å². The van der Waals surface area contributed by atoms with Gasteiger partial charge in [0.2, 0.25) is 0 Å². The van der Waals surface area contributed by atoms with Gasteiger partial charge in [-0.05, 0) is 136 Å². The second-order valence-electron chi connectivity index (χ2n) is 26.4. The fraction of sp³-hybridized carbons (Fsp3) is 0.143. The standard InChI is InChI=1S/C84H73N4OSi/c1-82(2,3)57-46-47-85-79(51-57)88-76-40-22-21-36-71(76)72-44-42-62(53-78(72)88)89-61-27-23-26-60(52-61)86-55-87-80-67(56-48-58(83(4,5)6)50-59(49-56)84(7,8)9)37-24-38-74(80)75-54-66(43-45-70(75)68-34-19-20-35-69(68)73-39-25-41-77(86)81(73)87)90(63-28-13-10-14-29-63,64-30-15-11-16-31-64)65-32-17-12-18-33-65/h10-55H,1-9H3/q+1/i10D,11D,12D,13D,14D,15D,16D,17D,18D,28D,29D,30D,31D,32D,33D. The van der Waals surface area contributed by atoms with Gasteiger partial charge in [-0.25, -0.2) is 4.98 Å². The van der Waals surface area contributed by atoms with Crippen LogP contribution >= 0.6 is 0 Å². The van der Waals surface area contributed by atoms with E-state index in [9.17, 15) is 16.4 Å². The Labute approximate surface area is 550 Å². The van der Waals surface area contributed by atoms with Crippen LogP contribution in [-0.2, 0) is 16.2 Å². The van der Waals surface area contributed by atoms with Crippen molar-refractivity contribution in [2.45, 2.75) is 78.6 Å². The number of para-hydroxylation sites is 3. The first-order chi connectivity index (χ1) is 49.7. The van der Waals surface area contributed by atoms with Crippen molar-refractivity contribution in [1.29, 1.82) is 0 Å². The van der Waals surface area contributed by atoms with Crippen LogP contribution in [0.5, 0.6) is 11.5 Å². The number of ether oxygens (including phenoxy) is 1. The van der Waals surface area contributed by atoms with Crippen LogP contribution in [0, 0.1) is 0 Å². The minimum Gasteiger partial charge on any atom is -0.457 e. The molecule has 0 atom stereocenters. The van der Waals surface area contributed by atoms with Crippen LogP contribution in [0.3, 0.4) is 0 Å². The first kappa shape index (κ1) is 41.9. The van der Waals surface area contributed by atoms with Gasteiger partial charge in [0.25, 0.3) is 6.33 Å². The molecule has 0 fully saturated rings. The maximum atomic E-state index is 9.99. The van der Waals surface area contributed by atoms with Crippen molar-refractivity contribution in [3.63, 3.8) is 0 Å². The molecule has 0 aliphatic carbocycles. The third-order valence-electron chi connectivity index (χ3n) is 17.7. The second-order valence-corrected chi connectivity index (χ2v) is 29.9. The lowest BCUT2D eigenvalue weighted by Gasteiger charge is -2.35. The molecule has 4 heterocycles. The maximum absolute atomic E-state index is 9.99. The monoisotopic (exact) mass is 1200 g/mol. The molecule has 0 saturated heterocycles. The summed E-state index contributed by atoms with van der Waals surface area (Å²) in [5.74, 6) is 1.95. The SMILES string of the molecule is [2H]c1c([2H])c([2H])c([Si](c2ccc3c(c2)-c2cccc(-c4cc(C(C)(C)C)cc(C(C)(C)C)c4)c2-[n+]2cn(-c4cccc(Oc5ccc6c7ccccc7n(-c7cc(C(C)(C)C)ccn7)c6c5)c4)c4cccc(c42)-c2ccccc2-3)(c2c([2H])c([2H])c([2H])c([2H])c2[2H])c2c([2H])c([2H])c([2H])c([2H])c2[2H])c([2H])c1[2H]. The Balaban J connectivity index is 1.05. The average molecular weight is 1200 g/mol. The Hall–Kier alpha value is -10.1. The van der Waals surface area contributed by atoms with Crippen LogP contribution < -0.4 is 30.1 Å². The average Bonchev–Trinajstić information content (AvgIpc) is 1.62. The minimum atomic E-state index is -5.63. The van der Waals surface area contributed by atoms with Crippen LogP contribution in [0.1, 0.15) is 99.6 Å². The van der Waals surface area contributed by atoms with Crippen molar-refractivity contribution in [3.05, 3.63) is 296 Å². The van der Waals surface area contributed by atoms with Crippen molar-refractivity contribution in [2.75, 3.05) is 0 Å². The highest BCUT2D eigenvalue weighted by molar-refractivity contribution is 7.20. The molecule has 11 aromatic carbocycles. The maximum Gasteiger partial charge on any atom is 0.255 e. The molecular formula is C84H73N4OSi+. The van der Waals surface area contributed by atoms with Gasteiger partial charge in [0.1, 0.15) is 28.7 Å². The summed E-state index contributed by atoms with van der Waals surface area (Å²) < 4.78 is 156. The van der Waals surface area contributed by atoms with E-state index in [1.165, 1.54) is 0 Å². The molecule has 0 bridgehead atoms. The van der Waals surface area contributed by atoms with Crippen LogP contribution in [-0.4, -0.2) is 22.2 Å². The van der Waals surface area contributed by atoms with Gasteiger partial charge in [0, 0.05) is 45.8 Å². The highest BCUT2D eigenvalue weighted by atomic mass is 28.3. The molecule has 90 heavy (non-hydrogen) atoms. The van der Waals surface area contributed by atoms with E-state index in [2.05, 4.69) is 155 Å². The third kappa shape index (κ3) is 9.51. The zero-order chi connectivity index (χ0) is 74.7. The van der Waals surface area contributed by atoms with Crippen molar-refractivity contribution >= 4 is 61.7 Å². The fourth-order valence-electron chi connectivity index (χ4n) is 13.1. The molecule has 14 aromatic rings. The molecule has 6 heteroatoms. The van der Waals surface area contributed by atoms with E-state index < -0.39 is 114 Å². The number of hydrogen-bond acceptors (Lipinski definition) is 2. The van der Waals surface area contributed by atoms with E-state index >= 15 is 0 Å². The number of hydrogen-bond donors (Lipinski definition) is 0. The van der Waals surface area contributed by atoms with E-state index in [0.717, 1.165) is 88.9 Å². The summed E-state index contributed by atoms with van der Waals surface area (Å²) in [7, 11) is -5.63. The Morgan fingerprint density at radius 3 is 1.62 bits per heavy atom. The van der Waals surface area contributed by atoms with E-state index in [1.54, 1.807) is 18.2 Å². The Morgan fingerprint density at radius 1 is 0.411 bits per heavy atom. The van der Waals surface area contributed by atoms with Crippen LogP contribution in [0.2, 0.25) is 0 Å². The van der Waals surface area contributed by atoms with Crippen molar-refractivity contribution < 1.29 is 29.9 Å². The third-order valence-corrected chi connectivity index (χ3v) is 21.9. The number of rotatable bonds is 9. The van der Waals surface area contributed by atoms with Gasteiger partial charge in [-0.2, -0.15) is 9.13 Å². The predicted octanol–water partition coefficient (Wildman–Crippen LogP) is 18.4. The van der Waals surface area contributed by atoms with Gasteiger partial charge in [-0.1, -0.05) is 262 Å². The molecule has 0 radical (unpaired) electrons. The molecule has 0 spiro atoms. The summed E-state index contributed by atoms with van der Waals surface area (Å²) >= 11 is 0. The number of benzene rings is 11. The summed E-state index contributed by atoms with van der Waals surface area (Å²) in [5, 5.41) is 0.377. The fourth-order valence-corrected chi connectivity index (χ4v) is 16.9. The summed E-state index contributed by atoms with van der Waals surface area (Å²) in [6.07, 6.45) is 3.92. The second kappa shape index (κ2) is 21.6. The number of imidazole rings is 1. The molecule has 0 unspecified atom stereocenters. The van der Waals surface area contributed by atoms with Gasteiger partial charge in [0.15, 0.2) is 19.1 Å². The molecule has 15 rings (SSSR count). The molecule has 1 aliphatic rings. The van der Waals surface area contributed by atoms with Gasteiger partial charge < -0.3 is 4.74 Å². The van der Waals surface area contributed by atoms with E-state index in [1.807, 2.05) is 91.1 Å². The summed E-state index contributed by atoms with van der Waals surface area (Å²) in [5.41, 5.74) is 13.1. The lowest BCUT2D eigenvalue weighted by atomic mass is 9.78. The molecule has 5 nitrogen and oxygen atoms in total.